The number of hydrogen-bond acceptors (Lipinski definition) is 7. The van der Waals surface area contributed by atoms with Gasteiger partial charge in [-0.2, -0.15) is 0 Å². The van der Waals surface area contributed by atoms with E-state index in [2.05, 4.69) is 44.4 Å². The van der Waals surface area contributed by atoms with Crippen LogP contribution in [0, 0.1) is 20.8 Å². The highest BCUT2D eigenvalue weighted by Gasteiger charge is 2.25. The molecule has 1 aliphatic heterocycles. The van der Waals surface area contributed by atoms with Gasteiger partial charge in [0.25, 0.3) is 11.6 Å². The lowest BCUT2D eigenvalue weighted by atomic mass is 10.0. The number of fused-ring (bicyclic) bond motifs is 1. The first-order chi connectivity index (χ1) is 16.9. The van der Waals surface area contributed by atoms with Crippen LogP contribution in [0.2, 0.25) is 0 Å². The van der Waals surface area contributed by atoms with Gasteiger partial charge in [-0.3, -0.25) is 9.69 Å². The summed E-state index contributed by atoms with van der Waals surface area (Å²) in [7, 11) is 2.14. The van der Waals surface area contributed by atoms with Gasteiger partial charge in [-0.05, 0) is 45.5 Å². The number of benzene rings is 1. The molecule has 0 saturated carbocycles. The van der Waals surface area contributed by atoms with Crippen molar-refractivity contribution >= 4 is 17.0 Å². The molecule has 4 heterocycles. The van der Waals surface area contributed by atoms with Gasteiger partial charge in [0.2, 0.25) is 0 Å². The molecule has 1 saturated heterocycles. The van der Waals surface area contributed by atoms with E-state index in [0.717, 1.165) is 55.4 Å². The zero-order valence-electron chi connectivity index (χ0n) is 20.7. The van der Waals surface area contributed by atoms with Gasteiger partial charge in [0.15, 0.2) is 0 Å². The van der Waals surface area contributed by atoms with Crippen molar-refractivity contribution < 1.29 is 13.7 Å². The minimum absolute atomic E-state index is 0.156. The summed E-state index contributed by atoms with van der Waals surface area (Å²) in [5.41, 5.74) is 4.03. The van der Waals surface area contributed by atoms with Crippen LogP contribution in [0.15, 0.2) is 51.4 Å². The fourth-order valence-electron chi connectivity index (χ4n) is 4.74. The molecule has 1 unspecified atom stereocenters. The zero-order chi connectivity index (χ0) is 24.5. The molecule has 8 nitrogen and oxygen atoms in total. The predicted molar refractivity (Wildman–Crippen MR) is 134 cm³/mol. The number of pyridine rings is 1. The Morgan fingerprint density at radius 3 is 2.51 bits per heavy atom. The second-order valence-corrected chi connectivity index (χ2v) is 9.37. The first-order valence-electron chi connectivity index (χ1n) is 12.0. The number of aromatic nitrogens is 2. The number of carbonyl (C=O) groups is 1. The molecule has 5 rings (SSSR count). The minimum atomic E-state index is -0.175. The fraction of sp³-hybridized carbons (Fsp3) is 0.370. The second kappa shape index (κ2) is 9.64. The van der Waals surface area contributed by atoms with Crippen LogP contribution in [-0.2, 0) is 0 Å². The normalized spacial score (nSPS) is 16.0. The standard InChI is InChI=1S/C27H31N5O3/c1-17-14-21(19(3)34-17)23-15-22(25-18(2)30-35-27(25)29-23)26(33)28-24(20-8-6-5-7-9-20)16-32-12-10-31(4)11-13-32/h5-9,14-15,24H,10-13,16H2,1-4H3,(H,28,33). The van der Waals surface area contributed by atoms with Crippen LogP contribution in [0.5, 0.6) is 0 Å². The third kappa shape index (κ3) is 4.85. The van der Waals surface area contributed by atoms with E-state index in [-0.39, 0.29) is 11.9 Å². The summed E-state index contributed by atoms with van der Waals surface area (Å²) in [5.74, 6) is 1.36. The highest BCUT2D eigenvalue weighted by atomic mass is 16.5. The minimum Gasteiger partial charge on any atom is -0.466 e. The molecule has 0 aliphatic carbocycles. The Balaban J connectivity index is 1.50. The maximum absolute atomic E-state index is 13.8. The summed E-state index contributed by atoms with van der Waals surface area (Å²) in [4.78, 5) is 23.2. The smallest absolute Gasteiger partial charge is 0.259 e. The van der Waals surface area contributed by atoms with Gasteiger partial charge in [-0.1, -0.05) is 35.5 Å². The number of furan rings is 1. The van der Waals surface area contributed by atoms with Crippen LogP contribution < -0.4 is 5.32 Å². The van der Waals surface area contributed by atoms with E-state index >= 15 is 0 Å². The SMILES string of the molecule is Cc1cc(-c2cc(C(=O)NC(CN3CCN(C)CC3)c3ccccc3)c3c(C)noc3n2)c(C)o1. The van der Waals surface area contributed by atoms with Crippen LogP contribution in [0.25, 0.3) is 22.4 Å². The van der Waals surface area contributed by atoms with Crippen LogP contribution in [0.3, 0.4) is 0 Å². The molecule has 3 aromatic heterocycles. The van der Waals surface area contributed by atoms with E-state index in [1.165, 1.54) is 0 Å². The first kappa shape index (κ1) is 23.3. The summed E-state index contributed by atoms with van der Waals surface area (Å²) >= 11 is 0. The number of nitrogens with one attached hydrogen (secondary N) is 1. The topological polar surface area (TPSA) is 87.6 Å². The number of hydrogen-bond donors (Lipinski definition) is 1. The summed E-state index contributed by atoms with van der Waals surface area (Å²) in [5, 5.41) is 8.02. The lowest BCUT2D eigenvalue weighted by molar-refractivity contribution is 0.0908. The molecular weight excluding hydrogens is 442 g/mol. The molecule has 1 aromatic carbocycles. The van der Waals surface area contributed by atoms with E-state index in [1.54, 1.807) is 0 Å². The van der Waals surface area contributed by atoms with Crippen molar-refractivity contribution in [3.05, 3.63) is 70.8 Å². The van der Waals surface area contributed by atoms with E-state index < -0.39 is 0 Å². The quantitative estimate of drug-likeness (QED) is 0.451. The Hall–Kier alpha value is -3.49. The Labute approximate surface area is 204 Å². The second-order valence-electron chi connectivity index (χ2n) is 9.37. The number of piperazine rings is 1. The van der Waals surface area contributed by atoms with E-state index in [9.17, 15) is 4.79 Å². The van der Waals surface area contributed by atoms with Gasteiger partial charge in [0.05, 0.1) is 28.4 Å². The van der Waals surface area contributed by atoms with Gasteiger partial charge in [-0.15, -0.1) is 0 Å². The molecule has 1 aliphatic rings. The van der Waals surface area contributed by atoms with Crippen molar-refractivity contribution in [2.75, 3.05) is 39.8 Å². The fourth-order valence-corrected chi connectivity index (χ4v) is 4.74. The Morgan fingerprint density at radius 1 is 1.09 bits per heavy atom. The average Bonchev–Trinajstić information content (AvgIpc) is 3.40. The van der Waals surface area contributed by atoms with Crippen LogP contribution in [0.1, 0.15) is 39.2 Å². The van der Waals surface area contributed by atoms with Gasteiger partial charge in [0, 0.05) is 38.3 Å². The number of amides is 1. The van der Waals surface area contributed by atoms with Crippen LogP contribution in [0.4, 0.5) is 0 Å². The van der Waals surface area contributed by atoms with E-state index in [4.69, 9.17) is 8.94 Å². The molecule has 1 atom stereocenters. The summed E-state index contributed by atoms with van der Waals surface area (Å²) in [6.07, 6.45) is 0. The molecule has 8 heteroatoms. The van der Waals surface area contributed by atoms with Gasteiger partial charge in [0.1, 0.15) is 11.5 Å². The summed E-state index contributed by atoms with van der Waals surface area (Å²) in [6.45, 7) is 10.3. The molecule has 4 aromatic rings. The monoisotopic (exact) mass is 473 g/mol. The van der Waals surface area contributed by atoms with Gasteiger partial charge >= 0.3 is 0 Å². The van der Waals surface area contributed by atoms with Gasteiger partial charge in [-0.25, -0.2) is 4.98 Å². The Bertz CT molecular complexity index is 1340. The lowest BCUT2D eigenvalue weighted by Crippen LogP contribution is -2.47. The van der Waals surface area contributed by atoms with Crippen LogP contribution in [-0.4, -0.2) is 65.6 Å². The third-order valence-corrected chi connectivity index (χ3v) is 6.72. The van der Waals surface area contributed by atoms with Crippen molar-refractivity contribution in [3.63, 3.8) is 0 Å². The van der Waals surface area contributed by atoms with Crippen LogP contribution >= 0.6 is 0 Å². The Morgan fingerprint density at radius 2 is 1.83 bits per heavy atom. The van der Waals surface area contributed by atoms with Crippen molar-refractivity contribution in [3.8, 4) is 11.3 Å². The first-order valence-corrected chi connectivity index (χ1v) is 12.0. The predicted octanol–water partition coefficient (Wildman–Crippen LogP) is 4.13. The molecule has 0 radical (unpaired) electrons. The molecule has 1 amide bonds. The zero-order valence-corrected chi connectivity index (χ0v) is 20.7. The molecule has 0 spiro atoms. The number of nitrogens with zero attached hydrogens (tertiary/aromatic N) is 4. The average molecular weight is 474 g/mol. The number of likely N-dealkylation sites (N-methyl/N-ethyl adjacent to an activating group) is 1. The maximum Gasteiger partial charge on any atom is 0.259 e. The van der Waals surface area contributed by atoms with Crippen molar-refractivity contribution in [2.45, 2.75) is 26.8 Å². The highest BCUT2D eigenvalue weighted by Crippen LogP contribution is 2.31. The maximum atomic E-state index is 13.8. The highest BCUT2D eigenvalue weighted by molar-refractivity contribution is 6.07. The Kier molecular flexibility index (Phi) is 6.40. The summed E-state index contributed by atoms with van der Waals surface area (Å²) < 4.78 is 11.2. The number of aryl methyl sites for hydroxylation is 3. The van der Waals surface area contributed by atoms with Crippen molar-refractivity contribution in [1.29, 1.82) is 0 Å². The lowest BCUT2D eigenvalue weighted by Gasteiger charge is -2.35. The van der Waals surface area contributed by atoms with Crippen molar-refractivity contribution in [1.82, 2.24) is 25.3 Å². The largest absolute Gasteiger partial charge is 0.466 e. The number of carbonyl (C=O) groups excluding carboxylic acids is 1. The molecule has 182 valence electrons. The van der Waals surface area contributed by atoms with Crippen molar-refractivity contribution in [2.24, 2.45) is 0 Å². The van der Waals surface area contributed by atoms with E-state index in [1.807, 2.05) is 51.1 Å². The third-order valence-electron chi connectivity index (χ3n) is 6.72. The number of rotatable bonds is 6. The van der Waals surface area contributed by atoms with E-state index in [0.29, 0.717) is 28.1 Å². The summed E-state index contributed by atoms with van der Waals surface area (Å²) in [6, 6.07) is 13.7. The molecule has 35 heavy (non-hydrogen) atoms. The van der Waals surface area contributed by atoms with Gasteiger partial charge < -0.3 is 19.2 Å². The molecule has 1 fully saturated rings. The molecule has 0 bridgehead atoms. The molecular formula is C27H31N5O3. The molecule has 1 N–H and O–H groups in total.